The molecule has 1 amide bonds. The average molecular weight is 379 g/mol. The second-order valence-corrected chi connectivity index (χ2v) is 6.28. The third-order valence-corrected chi connectivity index (χ3v) is 4.15. The van der Waals surface area contributed by atoms with Crippen LogP contribution in [0.4, 0.5) is 0 Å². The van der Waals surface area contributed by atoms with Gasteiger partial charge in [0.2, 0.25) is 0 Å². The molecule has 0 radical (unpaired) electrons. The number of carbonyl (C=O) groups is 1. The number of halogens is 2. The second kappa shape index (κ2) is 10.1. The third kappa shape index (κ3) is 6.40. The fourth-order valence-corrected chi connectivity index (χ4v) is 2.61. The minimum Gasteiger partial charge on any atom is -0.484 e. The van der Waals surface area contributed by atoms with Crippen molar-refractivity contribution in [2.75, 3.05) is 6.61 Å². The van der Waals surface area contributed by atoms with E-state index in [1.165, 1.54) is 18.2 Å². The van der Waals surface area contributed by atoms with E-state index in [1.807, 2.05) is 24.3 Å². The quantitative estimate of drug-likeness (QED) is 0.526. The number of unbranched alkanes of at least 4 members (excludes halogenated alkanes) is 1. The normalized spacial score (nSPS) is 10.8. The highest BCUT2D eigenvalue weighted by Gasteiger charge is 2.04. The molecule has 0 spiro atoms. The van der Waals surface area contributed by atoms with Crippen molar-refractivity contribution in [1.82, 2.24) is 5.43 Å². The Morgan fingerprint density at radius 1 is 1.16 bits per heavy atom. The van der Waals surface area contributed by atoms with E-state index in [-0.39, 0.29) is 12.5 Å². The molecule has 0 fully saturated rings. The molecule has 2 aromatic carbocycles. The van der Waals surface area contributed by atoms with Crippen LogP contribution in [0.1, 0.15) is 30.9 Å². The maximum Gasteiger partial charge on any atom is 0.277 e. The molecule has 132 valence electrons. The maximum atomic E-state index is 11.8. The second-order valence-electron chi connectivity index (χ2n) is 5.46. The summed E-state index contributed by atoms with van der Waals surface area (Å²) in [7, 11) is 0. The van der Waals surface area contributed by atoms with Crippen LogP contribution in [0.15, 0.2) is 47.6 Å². The molecule has 0 heterocycles. The average Bonchev–Trinajstić information content (AvgIpc) is 2.61. The number of rotatable bonds is 8. The molecule has 1 N–H and O–H groups in total. The van der Waals surface area contributed by atoms with Crippen LogP contribution < -0.4 is 10.2 Å². The van der Waals surface area contributed by atoms with Crippen molar-refractivity contribution >= 4 is 35.3 Å². The lowest BCUT2D eigenvalue weighted by Crippen LogP contribution is -2.24. The summed E-state index contributed by atoms with van der Waals surface area (Å²) in [4.78, 5) is 11.8. The van der Waals surface area contributed by atoms with Gasteiger partial charge in [0, 0.05) is 5.56 Å². The number of amides is 1. The molecule has 0 bridgehead atoms. The summed E-state index contributed by atoms with van der Waals surface area (Å²) in [6.07, 6.45) is 4.79. The molecule has 0 aliphatic carbocycles. The Bertz CT molecular complexity index is 710. The maximum absolute atomic E-state index is 11.8. The molecule has 0 aromatic heterocycles. The van der Waals surface area contributed by atoms with E-state index in [0.717, 1.165) is 12.8 Å². The number of aryl methyl sites for hydroxylation is 1. The standard InChI is InChI=1S/C19H20Cl2N2O2/c1-2-3-5-14-8-10-15(11-9-14)25-13-19(24)23-22-12-16-17(20)6-4-7-18(16)21/h4,6-12H,2-3,5,13H2,1H3,(H,23,24)/b22-12+. The number of nitrogens with one attached hydrogen (secondary N) is 1. The lowest BCUT2D eigenvalue weighted by molar-refractivity contribution is -0.123. The third-order valence-electron chi connectivity index (χ3n) is 3.49. The highest BCUT2D eigenvalue weighted by atomic mass is 35.5. The van der Waals surface area contributed by atoms with Crippen LogP contribution in [0, 0.1) is 0 Å². The summed E-state index contributed by atoms with van der Waals surface area (Å²) >= 11 is 12.0. The molecule has 0 aliphatic rings. The molecule has 0 saturated heterocycles. The topological polar surface area (TPSA) is 50.7 Å². The van der Waals surface area contributed by atoms with Gasteiger partial charge in [0.15, 0.2) is 6.61 Å². The van der Waals surface area contributed by atoms with Crippen LogP contribution >= 0.6 is 23.2 Å². The van der Waals surface area contributed by atoms with Crippen molar-refractivity contribution in [3.8, 4) is 5.75 Å². The van der Waals surface area contributed by atoms with Crippen molar-refractivity contribution < 1.29 is 9.53 Å². The summed E-state index contributed by atoms with van der Waals surface area (Å²) in [5, 5.41) is 4.78. The summed E-state index contributed by atoms with van der Waals surface area (Å²) in [6.45, 7) is 2.04. The number of nitrogens with zero attached hydrogens (tertiary/aromatic N) is 1. The van der Waals surface area contributed by atoms with Gasteiger partial charge in [-0.1, -0.05) is 54.7 Å². The van der Waals surface area contributed by atoms with E-state index in [1.54, 1.807) is 18.2 Å². The van der Waals surface area contributed by atoms with Gasteiger partial charge in [0.25, 0.3) is 5.91 Å². The molecule has 2 aromatic rings. The van der Waals surface area contributed by atoms with E-state index >= 15 is 0 Å². The van der Waals surface area contributed by atoms with Crippen molar-refractivity contribution in [2.24, 2.45) is 5.10 Å². The van der Waals surface area contributed by atoms with Crippen molar-refractivity contribution in [1.29, 1.82) is 0 Å². The van der Waals surface area contributed by atoms with Gasteiger partial charge in [-0.3, -0.25) is 4.79 Å². The van der Waals surface area contributed by atoms with Gasteiger partial charge in [-0.05, 0) is 42.7 Å². The molecule has 0 unspecified atom stereocenters. The van der Waals surface area contributed by atoms with Crippen LogP contribution in [0.3, 0.4) is 0 Å². The number of benzene rings is 2. The zero-order valence-electron chi connectivity index (χ0n) is 14.0. The van der Waals surface area contributed by atoms with E-state index in [2.05, 4.69) is 17.5 Å². The minimum absolute atomic E-state index is 0.123. The Morgan fingerprint density at radius 3 is 2.48 bits per heavy atom. The van der Waals surface area contributed by atoms with E-state index in [9.17, 15) is 4.79 Å². The molecule has 0 aliphatic heterocycles. The molecule has 4 nitrogen and oxygen atoms in total. The molecule has 25 heavy (non-hydrogen) atoms. The molecular formula is C19H20Cl2N2O2. The molecule has 0 atom stereocenters. The molecule has 6 heteroatoms. The van der Waals surface area contributed by atoms with Crippen LogP contribution in [0.25, 0.3) is 0 Å². The molecule has 2 rings (SSSR count). The SMILES string of the molecule is CCCCc1ccc(OCC(=O)N/N=C/c2c(Cl)cccc2Cl)cc1. The number of hydrogen-bond acceptors (Lipinski definition) is 3. The number of hydrogen-bond donors (Lipinski definition) is 1. The van der Waals surface area contributed by atoms with Gasteiger partial charge in [0.1, 0.15) is 5.75 Å². The van der Waals surface area contributed by atoms with Gasteiger partial charge < -0.3 is 4.74 Å². The van der Waals surface area contributed by atoms with Crippen LogP contribution in [0.2, 0.25) is 10.0 Å². The van der Waals surface area contributed by atoms with E-state index in [0.29, 0.717) is 21.4 Å². The number of hydrazone groups is 1. The zero-order chi connectivity index (χ0) is 18.1. The lowest BCUT2D eigenvalue weighted by atomic mass is 10.1. The first-order valence-corrected chi connectivity index (χ1v) is 8.83. The van der Waals surface area contributed by atoms with Gasteiger partial charge in [-0.15, -0.1) is 0 Å². The Morgan fingerprint density at radius 2 is 1.84 bits per heavy atom. The summed E-state index contributed by atoms with van der Waals surface area (Å²) in [5.41, 5.74) is 4.20. The summed E-state index contributed by atoms with van der Waals surface area (Å²) in [6, 6.07) is 12.9. The summed E-state index contributed by atoms with van der Waals surface area (Å²) in [5.74, 6) is 0.281. The Hall–Kier alpha value is -2.04. The van der Waals surface area contributed by atoms with Gasteiger partial charge in [-0.2, -0.15) is 5.10 Å². The number of carbonyl (C=O) groups excluding carboxylic acids is 1. The Kier molecular flexibility index (Phi) is 7.76. The first-order valence-electron chi connectivity index (χ1n) is 8.07. The molecular weight excluding hydrogens is 359 g/mol. The monoisotopic (exact) mass is 378 g/mol. The Balaban J connectivity index is 1.80. The largest absolute Gasteiger partial charge is 0.484 e. The van der Waals surface area contributed by atoms with Crippen LogP contribution in [-0.2, 0) is 11.2 Å². The molecule has 0 saturated carbocycles. The van der Waals surface area contributed by atoms with Crippen LogP contribution in [-0.4, -0.2) is 18.7 Å². The van der Waals surface area contributed by atoms with Crippen molar-refractivity contribution in [2.45, 2.75) is 26.2 Å². The van der Waals surface area contributed by atoms with Gasteiger partial charge in [0.05, 0.1) is 16.3 Å². The fraction of sp³-hybridized carbons (Fsp3) is 0.263. The smallest absolute Gasteiger partial charge is 0.277 e. The predicted molar refractivity (Wildman–Crippen MR) is 103 cm³/mol. The van der Waals surface area contributed by atoms with E-state index < -0.39 is 0 Å². The highest BCUT2D eigenvalue weighted by Crippen LogP contribution is 2.22. The minimum atomic E-state index is -0.366. The lowest BCUT2D eigenvalue weighted by Gasteiger charge is -2.06. The zero-order valence-corrected chi connectivity index (χ0v) is 15.5. The fourth-order valence-electron chi connectivity index (χ4n) is 2.12. The van der Waals surface area contributed by atoms with Gasteiger partial charge >= 0.3 is 0 Å². The van der Waals surface area contributed by atoms with Crippen molar-refractivity contribution in [3.05, 3.63) is 63.6 Å². The predicted octanol–water partition coefficient (Wildman–Crippen LogP) is 4.87. The first kappa shape index (κ1) is 19.3. The first-order chi connectivity index (χ1) is 12.1. The highest BCUT2D eigenvalue weighted by molar-refractivity contribution is 6.38. The van der Waals surface area contributed by atoms with Crippen LogP contribution in [0.5, 0.6) is 5.75 Å². The van der Waals surface area contributed by atoms with Crippen molar-refractivity contribution in [3.63, 3.8) is 0 Å². The number of ether oxygens (including phenoxy) is 1. The summed E-state index contributed by atoms with van der Waals surface area (Å²) < 4.78 is 5.44. The Labute approximate surface area is 157 Å². The van der Waals surface area contributed by atoms with E-state index in [4.69, 9.17) is 27.9 Å². The van der Waals surface area contributed by atoms with Gasteiger partial charge in [-0.25, -0.2) is 5.43 Å².